The van der Waals surface area contributed by atoms with Crippen LogP contribution in [0, 0.1) is 12.8 Å². The van der Waals surface area contributed by atoms with Crippen molar-refractivity contribution in [3.8, 4) is 11.5 Å². The quantitative estimate of drug-likeness (QED) is 0.873. The number of likely N-dealkylation sites (tertiary alicyclic amines) is 1. The minimum Gasteiger partial charge on any atom is -0.420 e. The summed E-state index contributed by atoms with van der Waals surface area (Å²) in [4.78, 5) is 14.2. The lowest BCUT2D eigenvalue weighted by Crippen LogP contribution is -2.40. The van der Waals surface area contributed by atoms with Crippen molar-refractivity contribution < 1.29 is 9.21 Å². The number of aromatic nitrogens is 2. The van der Waals surface area contributed by atoms with Crippen molar-refractivity contribution in [2.24, 2.45) is 5.92 Å². The maximum Gasteiger partial charge on any atom is 0.247 e. The summed E-state index contributed by atoms with van der Waals surface area (Å²) in [6.45, 7) is 3.63. The van der Waals surface area contributed by atoms with Crippen molar-refractivity contribution in [2.75, 3.05) is 13.1 Å². The Balaban J connectivity index is 1.49. The number of rotatable bonds is 3. The first kappa shape index (κ1) is 14.4. The van der Waals surface area contributed by atoms with Crippen molar-refractivity contribution in [1.29, 1.82) is 0 Å². The van der Waals surface area contributed by atoms with Crippen LogP contribution in [0.25, 0.3) is 11.5 Å². The second-order valence-electron chi connectivity index (χ2n) is 6.71. The number of hydrogen-bond donors (Lipinski definition) is 0. The highest BCUT2D eigenvalue weighted by atomic mass is 16.4. The van der Waals surface area contributed by atoms with Gasteiger partial charge < -0.3 is 9.32 Å². The normalized spacial score (nSPS) is 21.4. The second kappa shape index (κ2) is 5.80. The molecule has 2 fully saturated rings. The monoisotopic (exact) mass is 311 g/mol. The van der Waals surface area contributed by atoms with E-state index in [4.69, 9.17) is 4.42 Å². The minimum atomic E-state index is 0.165. The van der Waals surface area contributed by atoms with Crippen molar-refractivity contribution >= 4 is 5.91 Å². The highest BCUT2D eigenvalue weighted by Crippen LogP contribution is 2.34. The number of piperidine rings is 1. The molecule has 2 aliphatic rings. The van der Waals surface area contributed by atoms with Crippen LogP contribution >= 0.6 is 0 Å². The Labute approximate surface area is 135 Å². The van der Waals surface area contributed by atoms with Gasteiger partial charge in [-0.2, -0.15) is 0 Å². The lowest BCUT2D eigenvalue weighted by Gasteiger charge is -2.31. The Kier molecular flexibility index (Phi) is 3.63. The molecule has 1 saturated carbocycles. The number of carbonyl (C=O) groups is 1. The maximum atomic E-state index is 12.3. The molecule has 0 radical (unpaired) electrons. The van der Waals surface area contributed by atoms with Gasteiger partial charge in [0.15, 0.2) is 0 Å². The lowest BCUT2D eigenvalue weighted by atomic mass is 9.97. The Morgan fingerprint density at radius 2 is 1.96 bits per heavy atom. The van der Waals surface area contributed by atoms with Gasteiger partial charge in [0.1, 0.15) is 0 Å². The molecule has 2 aromatic rings. The molecule has 4 rings (SSSR count). The highest BCUT2D eigenvalue weighted by Gasteiger charge is 2.36. The molecule has 1 aliphatic heterocycles. The molecule has 1 aromatic carbocycles. The second-order valence-corrected chi connectivity index (χ2v) is 6.71. The van der Waals surface area contributed by atoms with Gasteiger partial charge in [0.25, 0.3) is 0 Å². The molecule has 1 amide bonds. The molecule has 1 saturated heterocycles. The SMILES string of the molecule is Cc1ccc(-c2nnc([C@@H]3CCCN(C(=O)C4CC4)C3)o2)cc1. The predicted molar refractivity (Wildman–Crippen MR) is 85.8 cm³/mol. The van der Waals surface area contributed by atoms with Crippen LogP contribution < -0.4 is 0 Å². The molecule has 0 spiro atoms. The van der Waals surface area contributed by atoms with Crippen molar-refractivity contribution in [3.63, 3.8) is 0 Å². The molecular formula is C18H21N3O2. The number of nitrogens with zero attached hydrogens (tertiary/aromatic N) is 3. The predicted octanol–water partition coefficient (Wildman–Crippen LogP) is 3.16. The van der Waals surface area contributed by atoms with Gasteiger partial charge in [-0.05, 0) is 44.7 Å². The van der Waals surface area contributed by atoms with Crippen molar-refractivity contribution in [3.05, 3.63) is 35.7 Å². The van der Waals surface area contributed by atoms with E-state index in [2.05, 4.69) is 17.1 Å². The van der Waals surface area contributed by atoms with Crippen molar-refractivity contribution in [1.82, 2.24) is 15.1 Å². The molecule has 0 N–H and O–H groups in total. The third-order valence-electron chi connectivity index (χ3n) is 4.75. The van der Waals surface area contributed by atoms with E-state index in [1.807, 2.05) is 29.2 Å². The van der Waals surface area contributed by atoms with E-state index >= 15 is 0 Å². The standard InChI is InChI=1S/C18H21N3O2/c1-12-4-6-13(7-5-12)16-19-20-17(23-16)15-3-2-10-21(11-15)18(22)14-8-9-14/h4-7,14-15H,2-3,8-11H2,1H3/t15-/m1/s1. The molecule has 23 heavy (non-hydrogen) atoms. The summed E-state index contributed by atoms with van der Waals surface area (Å²) in [5.41, 5.74) is 2.14. The van der Waals surface area contributed by atoms with Gasteiger partial charge in [-0.1, -0.05) is 17.7 Å². The van der Waals surface area contributed by atoms with Gasteiger partial charge in [0.05, 0.1) is 5.92 Å². The first-order valence-electron chi connectivity index (χ1n) is 8.40. The van der Waals surface area contributed by atoms with E-state index < -0.39 is 0 Å². The molecule has 1 aliphatic carbocycles. The fourth-order valence-corrected chi connectivity index (χ4v) is 3.18. The van der Waals surface area contributed by atoms with Gasteiger partial charge in [-0.15, -0.1) is 10.2 Å². The summed E-state index contributed by atoms with van der Waals surface area (Å²) in [5.74, 6) is 1.98. The van der Waals surface area contributed by atoms with Crippen molar-refractivity contribution in [2.45, 2.75) is 38.5 Å². The van der Waals surface area contributed by atoms with Crippen LogP contribution in [0.2, 0.25) is 0 Å². The van der Waals surface area contributed by atoms with Crippen LogP contribution in [0.1, 0.15) is 43.1 Å². The van der Waals surface area contributed by atoms with Crippen LogP contribution in [-0.4, -0.2) is 34.1 Å². The van der Waals surface area contributed by atoms with Gasteiger partial charge >= 0.3 is 0 Å². The topological polar surface area (TPSA) is 59.2 Å². The van der Waals surface area contributed by atoms with E-state index in [1.54, 1.807) is 0 Å². The average molecular weight is 311 g/mol. The fraction of sp³-hybridized carbons (Fsp3) is 0.500. The zero-order valence-electron chi connectivity index (χ0n) is 13.4. The largest absolute Gasteiger partial charge is 0.420 e. The molecule has 2 heterocycles. The molecule has 1 atom stereocenters. The van der Waals surface area contributed by atoms with E-state index in [0.717, 1.165) is 37.8 Å². The van der Waals surface area contributed by atoms with Gasteiger partial charge in [-0.3, -0.25) is 4.79 Å². The lowest BCUT2D eigenvalue weighted by molar-refractivity contribution is -0.133. The summed E-state index contributed by atoms with van der Waals surface area (Å²) in [6, 6.07) is 8.07. The third-order valence-corrected chi connectivity index (χ3v) is 4.75. The highest BCUT2D eigenvalue weighted by molar-refractivity contribution is 5.81. The molecule has 120 valence electrons. The number of aryl methyl sites for hydroxylation is 1. The molecule has 5 heteroatoms. The van der Waals surface area contributed by atoms with Crippen LogP contribution in [0.15, 0.2) is 28.7 Å². The minimum absolute atomic E-state index is 0.165. The van der Waals surface area contributed by atoms with Crippen LogP contribution in [0.4, 0.5) is 0 Å². The Bertz CT molecular complexity index is 703. The van der Waals surface area contributed by atoms with Crippen LogP contribution in [0.3, 0.4) is 0 Å². The van der Waals surface area contributed by atoms with E-state index in [1.165, 1.54) is 5.56 Å². The smallest absolute Gasteiger partial charge is 0.247 e. The maximum absolute atomic E-state index is 12.3. The number of benzene rings is 1. The van der Waals surface area contributed by atoms with Crippen LogP contribution in [0.5, 0.6) is 0 Å². The summed E-state index contributed by atoms with van der Waals surface area (Å²) < 4.78 is 5.89. The number of hydrogen-bond acceptors (Lipinski definition) is 4. The van der Waals surface area contributed by atoms with Crippen LogP contribution in [-0.2, 0) is 4.79 Å². The summed E-state index contributed by atoms with van der Waals surface area (Å²) in [5, 5.41) is 8.43. The summed E-state index contributed by atoms with van der Waals surface area (Å²) in [7, 11) is 0. The van der Waals surface area contributed by atoms with E-state index in [-0.39, 0.29) is 11.8 Å². The summed E-state index contributed by atoms with van der Waals surface area (Å²) in [6.07, 6.45) is 4.12. The Morgan fingerprint density at radius 3 is 2.70 bits per heavy atom. The number of carbonyl (C=O) groups excluding carboxylic acids is 1. The first-order valence-corrected chi connectivity index (χ1v) is 8.40. The average Bonchev–Trinajstić information content (AvgIpc) is 3.32. The van der Waals surface area contributed by atoms with E-state index in [9.17, 15) is 4.79 Å². The molecular weight excluding hydrogens is 290 g/mol. The van der Waals surface area contributed by atoms with E-state index in [0.29, 0.717) is 24.2 Å². The Morgan fingerprint density at radius 1 is 1.17 bits per heavy atom. The zero-order valence-corrected chi connectivity index (χ0v) is 13.4. The molecule has 0 bridgehead atoms. The molecule has 0 unspecified atom stereocenters. The first-order chi connectivity index (χ1) is 11.2. The molecule has 5 nitrogen and oxygen atoms in total. The Hall–Kier alpha value is -2.17. The zero-order chi connectivity index (χ0) is 15.8. The molecule has 1 aromatic heterocycles. The summed E-state index contributed by atoms with van der Waals surface area (Å²) >= 11 is 0. The van der Waals surface area contributed by atoms with Gasteiger partial charge in [-0.25, -0.2) is 0 Å². The van der Waals surface area contributed by atoms with Gasteiger partial charge in [0, 0.05) is 24.6 Å². The fourth-order valence-electron chi connectivity index (χ4n) is 3.18. The number of amides is 1. The van der Waals surface area contributed by atoms with Gasteiger partial charge in [0.2, 0.25) is 17.7 Å². The third kappa shape index (κ3) is 3.00.